The van der Waals surface area contributed by atoms with Crippen LogP contribution in [0.1, 0.15) is 25.3 Å². The topological polar surface area (TPSA) is 63.2 Å². The van der Waals surface area contributed by atoms with E-state index in [1.165, 1.54) is 0 Å². The van der Waals surface area contributed by atoms with Crippen LogP contribution in [0.4, 0.5) is 5.95 Å². The Morgan fingerprint density at radius 1 is 1.26 bits per heavy atom. The molecule has 1 aromatic rings. The summed E-state index contributed by atoms with van der Waals surface area (Å²) in [7, 11) is -2.91. The van der Waals surface area contributed by atoms with E-state index < -0.39 is 9.84 Å². The molecule has 19 heavy (non-hydrogen) atoms. The Morgan fingerprint density at radius 2 is 1.89 bits per heavy atom. The summed E-state index contributed by atoms with van der Waals surface area (Å²) in [5, 5.41) is -0.220. The van der Waals surface area contributed by atoms with Gasteiger partial charge < -0.3 is 4.90 Å². The molecule has 0 aromatic carbocycles. The van der Waals surface area contributed by atoms with Crippen LogP contribution in [0.15, 0.2) is 12.4 Å². The van der Waals surface area contributed by atoms with Crippen LogP contribution >= 0.6 is 0 Å². The lowest BCUT2D eigenvalue weighted by molar-refractivity contribution is 0.533. The highest BCUT2D eigenvalue weighted by atomic mass is 32.2. The minimum absolute atomic E-state index is 0.220. The van der Waals surface area contributed by atoms with Crippen molar-refractivity contribution >= 4 is 15.8 Å². The molecule has 1 aromatic heterocycles. The molecule has 0 spiro atoms. The second-order valence-electron chi connectivity index (χ2n) is 5.54. The standard InChI is InChI=1S/C13H19N3O2S/c1-2-10-5-14-13(15-6-10)16-7-12(8-16)19(17,18)9-11-3-4-11/h5-6,11-12H,2-4,7-9H2,1H3. The van der Waals surface area contributed by atoms with Gasteiger partial charge in [-0.15, -0.1) is 0 Å². The van der Waals surface area contributed by atoms with Crippen molar-refractivity contribution in [2.45, 2.75) is 31.4 Å². The summed E-state index contributed by atoms with van der Waals surface area (Å²) in [6.45, 7) is 3.14. The van der Waals surface area contributed by atoms with Gasteiger partial charge in [0.15, 0.2) is 9.84 Å². The number of aryl methyl sites for hydroxylation is 1. The molecule has 6 heteroatoms. The van der Waals surface area contributed by atoms with Crippen LogP contribution in [-0.2, 0) is 16.3 Å². The SMILES string of the molecule is CCc1cnc(N2CC(S(=O)(=O)CC3CC3)C2)nc1. The summed E-state index contributed by atoms with van der Waals surface area (Å²) in [4.78, 5) is 10.5. The lowest BCUT2D eigenvalue weighted by Crippen LogP contribution is -2.56. The highest BCUT2D eigenvalue weighted by Gasteiger charge is 2.41. The molecule has 3 rings (SSSR count). The third-order valence-electron chi connectivity index (χ3n) is 3.90. The number of sulfone groups is 1. The maximum Gasteiger partial charge on any atom is 0.225 e. The predicted octanol–water partition coefficient (Wildman–Crippen LogP) is 1.05. The third-order valence-corrected chi connectivity index (χ3v) is 6.15. The van der Waals surface area contributed by atoms with Crippen molar-refractivity contribution in [1.29, 1.82) is 0 Å². The van der Waals surface area contributed by atoms with Crippen LogP contribution in [0, 0.1) is 5.92 Å². The molecular formula is C13H19N3O2S. The predicted molar refractivity (Wildman–Crippen MR) is 73.9 cm³/mol. The van der Waals surface area contributed by atoms with Crippen molar-refractivity contribution in [3.63, 3.8) is 0 Å². The first-order valence-electron chi connectivity index (χ1n) is 6.86. The molecule has 1 aliphatic carbocycles. The summed E-state index contributed by atoms with van der Waals surface area (Å²) in [5.41, 5.74) is 1.10. The normalized spacial score (nSPS) is 20.4. The van der Waals surface area contributed by atoms with Crippen molar-refractivity contribution < 1.29 is 8.42 Å². The van der Waals surface area contributed by atoms with Gasteiger partial charge in [-0.05, 0) is 30.7 Å². The first kappa shape index (κ1) is 12.8. The third kappa shape index (κ3) is 2.73. The van der Waals surface area contributed by atoms with Crippen LogP contribution < -0.4 is 4.90 Å². The summed E-state index contributed by atoms with van der Waals surface area (Å²) in [5.74, 6) is 1.45. The van der Waals surface area contributed by atoms with E-state index >= 15 is 0 Å². The van der Waals surface area contributed by atoms with Gasteiger partial charge >= 0.3 is 0 Å². The maximum atomic E-state index is 12.1. The Kier molecular flexibility index (Phi) is 3.20. The van der Waals surface area contributed by atoms with Crippen molar-refractivity contribution in [3.8, 4) is 0 Å². The minimum Gasteiger partial charge on any atom is -0.338 e. The molecule has 0 atom stereocenters. The second kappa shape index (κ2) is 4.74. The smallest absolute Gasteiger partial charge is 0.225 e. The Labute approximate surface area is 114 Å². The lowest BCUT2D eigenvalue weighted by Gasteiger charge is -2.38. The van der Waals surface area contributed by atoms with E-state index in [1.54, 1.807) is 0 Å². The minimum atomic E-state index is -2.91. The summed E-state index contributed by atoms with van der Waals surface area (Å²) in [6.07, 6.45) is 6.70. The van der Waals surface area contributed by atoms with Crippen LogP contribution in [0.25, 0.3) is 0 Å². The Hall–Kier alpha value is -1.17. The van der Waals surface area contributed by atoms with Gasteiger partial charge in [-0.2, -0.15) is 0 Å². The molecule has 5 nitrogen and oxygen atoms in total. The van der Waals surface area contributed by atoms with Gasteiger partial charge in [0.1, 0.15) is 0 Å². The van der Waals surface area contributed by atoms with Crippen LogP contribution in [0.5, 0.6) is 0 Å². The first-order valence-corrected chi connectivity index (χ1v) is 8.57. The van der Waals surface area contributed by atoms with E-state index in [9.17, 15) is 8.42 Å². The number of rotatable bonds is 5. The first-order chi connectivity index (χ1) is 9.08. The van der Waals surface area contributed by atoms with Crippen molar-refractivity contribution in [1.82, 2.24) is 9.97 Å². The molecule has 2 heterocycles. The molecule has 2 fully saturated rings. The Balaban J connectivity index is 1.59. The van der Waals surface area contributed by atoms with E-state index in [0.717, 1.165) is 24.8 Å². The summed E-state index contributed by atoms with van der Waals surface area (Å²) >= 11 is 0. The van der Waals surface area contributed by atoms with E-state index in [-0.39, 0.29) is 5.25 Å². The van der Waals surface area contributed by atoms with E-state index in [1.807, 2.05) is 17.3 Å². The van der Waals surface area contributed by atoms with E-state index in [0.29, 0.717) is 30.7 Å². The number of aromatic nitrogens is 2. The molecule has 0 radical (unpaired) electrons. The fourth-order valence-electron chi connectivity index (χ4n) is 2.27. The van der Waals surface area contributed by atoms with Gasteiger partial charge in [0.2, 0.25) is 5.95 Å². The zero-order valence-corrected chi connectivity index (χ0v) is 11.9. The fourth-order valence-corrected chi connectivity index (χ4v) is 4.35. The maximum absolute atomic E-state index is 12.1. The molecule has 2 aliphatic rings. The van der Waals surface area contributed by atoms with Crippen LogP contribution in [-0.4, -0.2) is 42.5 Å². The van der Waals surface area contributed by atoms with Crippen LogP contribution in [0.2, 0.25) is 0 Å². The van der Waals surface area contributed by atoms with Crippen LogP contribution in [0.3, 0.4) is 0 Å². The van der Waals surface area contributed by atoms with Gasteiger partial charge in [0, 0.05) is 25.5 Å². The Bertz CT molecular complexity index is 546. The number of hydrogen-bond acceptors (Lipinski definition) is 5. The molecule has 0 bridgehead atoms. The fraction of sp³-hybridized carbons (Fsp3) is 0.692. The largest absolute Gasteiger partial charge is 0.338 e. The number of nitrogens with zero attached hydrogens (tertiary/aromatic N) is 3. The monoisotopic (exact) mass is 281 g/mol. The van der Waals surface area contributed by atoms with Gasteiger partial charge in [0.25, 0.3) is 0 Å². The van der Waals surface area contributed by atoms with Crippen molar-refractivity contribution in [2.24, 2.45) is 5.92 Å². The zero-order valence-electron chi connectivity index (χ0n) is 11.1. The number of anilines is 1. The molecule has 0 N–H and O–H groups in total. The van der Waals surface area contributed by atoms with Crippen molar-refractivity contribution in [2.75, 3.05) is 23.7 Å². The van der Waals surface area contributed by atoms with Gasteiger partial charge in [-0.1, -0.05) is 6.92 Å². The van der Waals surface area contributed by atoms with E-state index in [4.69, 9.17) is 0 Å². The molecule has 1 aliphatic heterocycles. The summed E-state index contributed by atoms with van der Waals surface area (Å²) in [6, 6.07) is 0. The highest BCUT2D eigenvalue weighted by Crippen LogP contribution is 2.33. The average molecular weight is 281 g/mol. The second-order valence-corrected chi connectivity index (χ2v) is 7.87. The lowest BCUT2D eigenvalue weighted by atomic mass is 10.2. The number of hydrogen-bond donors (Lipinski definition) is 0. The van der Waals surface area contributed by atoms with Gasteiger partial charge in [0.05, 0.1) is 11.0 Å². The molecule has 104 valence electrons. The van der Waals surface area contributed by atoms with Crippen molar-refractivity contribution in [3.05, 3.63) is 18.0 Å². The molecule has 1 saturated carbocycles. The van der Waals surface area contributed by atoms with Gasteiger partial charge in [-0.25, -0.2) is 18.4 Å². The highest BCUT2D eigenvalue weighted by molar-refractivity contribution is 7.92. The van der Waals surface area contributed by atoms with E-state index in [2.05, 4.69) is 16.9 Å². The average Bonchev–Trinajstić information content (AvgIpc) is 3.10. The molecular weight excluding hydrogens is 262 g/mol. The molecule has 1 saturated heterocycles. The quantitative estimate of drug-likeness (QED) is 0.807. The van der Waals surface area contributed by atoms with Gasteiger partial charge in [-0.3, -0.25) is 0 Å². The molecule has 0 amide bonds. The summed E-state index contributed by atoms with van der Waals surface area (Å²) < 4.78 is 24.1. The zero-order chi connectivity index (χ0) is 13.5. The molecule has 0 unspecified atom stereocenters. The Morgan fingerprint density at radius 3 is 2.42 bits per heavy atom.